The van der Waals surface area contributed by atoms with Gasteiger partial charge >= 0.3 is 5.97 Å². The molecule has 0 spiro atoms. The SMILES string of the molecule is CC(=O)N[C@@H](CS)C(=O)NCC(=O)N[C@@H](CS)C(=O)N[C@@H](CCC(=O)O)C(=O)NCC(=O)N1CCN(CCCN(C)c2ccc3nccc(C(=O)NCC(=O)N4CC(F)(F)C[C@H]4C#N)c3c2)CC1. The molecule has 0 radical (unpaired) electrons. The number of rotatable bonds is 23. The quantitative estimate of drug-likeness (QED) is 0.0552. The molecule has 2 fully saturated rings. The van der Waals surface area contributed by atoms with Crippen LogP contribution in [0.5, 0.6) is 0 Å². The minimum atomic E-state index is -3.18. The van der Waals surface area contributed by atoms with Gasteiger partial charge in [0.1, 0.15) is 24.2 Å². The summed E-state index contributed by atoms with van der Waals surface area (Å²) in [6, 6.07) is 3.64. The number of fused-ring (bicyclic) bond motifs is 1. The molecule has 4 rings (SSSR count). The van der Waals surface area contributed by atoms with Crippen molar-refractivity contribution in [2.75, 3.05) is 88.9 Å². The Bertz CT molecular complexity index is 2250. The molecule has 2 aliphatic rings. The normalized spacial score (nSPS) is 16.9. The van der Waals surface area contributed by atoms with Crippen LogP contribution in [0.1, 0.15) is 43.0 Å². The number of aromatic nitrogens is 1. The minimum absolute atomic E-state index is 0.0403. The first-order valence-corrected chi connectivity index (χ1v) is 22.8. The summed E-state index contributed by atoms with van der Waals surface area (Å²) in [6.07, 6.45) is 0.591. The van der Waals surface area contributed by atoms with E-state index in [-0.39, 0.29) is 23.5 Å². The molecule has 0 aliphatic carbocycles. The number of piperazine rings is 1. The predicted molar refractivity (Wildman–Crippen MR) is 248 cm³/mol. The van der Waals surface area contributed by atoms with Gasteiger partial charge in [-0.15, -0.1) is 0 Å². The molecular formula is C42H56F2N12O10S2. The Morgan fingerprint density at radius 3 is 2.18 bits per heavy atom. The molecule has 0 saturated carbocycles. The first kappa shape index (κ1) is 54.3. The van der Waals surface area contributed by atoms with Gasteiger partial charge in [-0.05, 0) is 43.7 Å². The lowest BCUT2D eigenvalue weighted by atomic mass is 10.1. The summed E-state index contributed by atoms with van der Waals surface area (Å²) >= 11 is 8.09. The number of amides is 8. The Balaban J connectivity index is 1.21. The van der Waals surface area contributed by atoms with Crippen molar-refractivity contribution in [3.63, 3.8) is 0 Å². The van der Waals surface area contributed by atoms with Crippen molar-refractivity contribution in [3.05, 3.63) is 36.0 Å². The molecule has 7 N–H and O–H groups in total. The van der Waals surface area contributed by atoms with Gasteiger partial charge in [0.25, 0.3) is 11.8 Å². The molecule has 22 nitrogen and oxygen atoms in total. The molecule has 8 amide bonds. The first-order valence-electron chi connectivity index (χ1n) is 21.6. The smallest absolute Gasteiger partial charge is 0.303 e. The fourth-order valence-corrected chi connectivity index (χ4v) is 7.89. The number of thiol groups is 2. The summed E-state index contributed by atoms with van der Waals surface area (Å²) in [4.78, 5) is 124. The highest BCUT2D eigenvalue weighted by molar-refractivity contribution is 7.80. The van der Waals surface area contributed by atoms with E-state index in [1.54, 1.807) is 23.1 Å². The lowest BCUT2D eigenvalue weighted by Gasteiger charge is -2.35. The van der Waals surface area contributed by atoms with Crippen LogP contribution < -0.4 is 36.8 Å². The molecule has 0 bridgehead atoms. The molecular weight excluding hydrogens is 935 g/mol. The van der Waals surface area contributed by atoms with Crippen LogP contribution >= 0.6 is 25.3 Å². The molecule has 2 aromatic rings. The number of benzene rings is 1. The van der Waals surface area contributed by atoms with E-state index in [0.29, 0.717) is 50.2 Å². The Labute approximate surface area is 401 Å². The zero-order chi connectivity index (χ0) is 50.1. The summed E-state index contributed by atoms with van der Waals surface area (Å²) in [5, 5.41) is 33.4. The van der Waals surface area contributed by atoms with E-state index in [4.69, 9.17) is 0 Å². The number of anilines is 1. The average molecular weight is 991 g/mol. The highest BCUT2D eigenvalue weighted by atomic mass is 32.1. The van der Waals surface area contributed by atoms with E-state index in [1.165, 1.54) is 19.2 Å². The zero-order valence-electron chi connectivity index (χ0n) is 37.5. The first-order chi connectivity index (χ1) is 32.2. The number of aliphatic carboxylic acids is 1. The second kappa shape index (κ2) is 25.7. The van der Waals surface area contributed by atoms with Gasteiger partial charge in [-0.1, -0.05) is 0 Å². The number of pyridine rings is 1. The van der Waals surface area contributed by atoms with Crippen LogP contribution in [0, 0.1) is 11.3 Å². The van der Waals surface area contributed by atoms with Crippen molar-refractivity contribution in [2.24, 2.45) is 0 Å². The predicted octanol–water partition coefficient (Wildman–Crippen LogP) is -1.87. The zero-order valence-corrected chi connectivity index (χ0v) is 39.3. The van der Waals surface area contributed by atoms with Gasteiger partial charge in [-0.3, -0.25) is 53.0 Å². The Morgan fingerprint density at radius 2 is 1.53 bits per heavy atom. The van der Waals surface area contributed by atoms with E-state index < -0.39 is 122 Å². The van der Waals surface area contributed by atoms with Gasteiger partial charge < -0.3 is 51.7 Å². The minimum Gasteiger partial charge on any atom is -0.481 e. The third-order valence-electron chi connectivity index (χ3n) is 11.1. The van der Waals surface area contributed by atoms with Crippen molar-refractivity contribution in [3.8, 4) is 6.07 Å². The number of carboxylic acid groups (broad SMARTS) is 1. The van der Waals surface area contributed by atoms with Crippen LogP contribution in [0.3, 0.4) is 0 Å². The number of halogens is 2. The van der Waals surface area contributed by atoms with Crippen molar-refractivity contribution in [1.82, 2.24) is 51.6 Å². The summed E-state index contributed by atoms with van der Waals surface area (Å²) in [6.45, 7) is 1.91. The summed E-state index contributed by atoms with van der Waals surface area (Å²) in [7, 11) is 1.88. The number of nitrogens with one attached hydrogen (secondary N) is 6. The lowest BCUT2D eigenvalue weighted by molar-refractivity contribution is -0.139. The van der Waals surface area contributed by atoms with Crippen LogP contribution in [0.25, 0.3) is 10.9 Å². The van der Waals surface area contributed by atoms with E-state index in [0.717, 1.165) is 17.0 Å². The fraction of sp³-hybridized carbons (Fsp3) is 0.548. The number of carbonyl (C=O) groups excluding carboxylic acids is 8. The summed E-state index contributed by atoms with van der Waals surface area (Å²) < 4.78 is 27.7. The number of alkyl halides is 2. The molecule has 2 aliphatic heterocycles. The van der Waals surface area contributed by atoms with E-state index in [2.05, 4.69) is 67.0 Å². The summed E-state index contributed by atoms with van der Waals surface area (Å²) in [5.74, 6) is -10.1. The fourth-order valence-electron chi connectivity index (χ4n) is 7.37. The molecule has 0 unspecified atom stereocenters. The van der Waals surface area contributed by atoms with Gasteiger partial charge in [0.05, 0.1) is 43.3 Å². The molecule has 2 saturated heterocycles. The molecule has 1 aromatic heterocycles. The monoisotopic (exact) mass is 990 g/mol. The van der Waals surface area contributed by atoms with Crippen LogP contribution in [0.15, 0.2) is 30.5 Å². The third-order valence-corrected chi connectivity index (χ3v) is 11.8. The highest BCUT2D eigenvalue weighted by Crippen LogP contribution is 2.31. The molecule has 4 atom stereocenters. The number of nitriles is 1. The maximum absolute atomic E-state index is 13.9. The second-order valence-corrected chi connectivity index (χ2v) is 16.9. The van der Waals surface area contributed by atoms with Gasteiger partial charge in [0.15, 0.2) is 0 Å². The van der Waals surface area contributed by atoms with Crippen molar-refractivity contribution in [1.29, 1.82) is 5.26 Å². The number of carbonyl (C=O) groups is 9. The molecule has 68 heavy (non-hydrogen) atoms. The van der Waals surface area contributed by atoms with Crippen LogP contribution in [-0.2, 0) is 38.4 Å². The van der Waals surface area contributed by atoms with Crippen LogP contribution in [0.2, 0.25) is 0 Å². The Morgan fingerprint density at radius 1 is 0.882 bits per heavy atom. The Kier molecular flexibility index (Phi) is 20.5. The van der Waals surface area contributed by atoms with Crippen LogP contribution in [-0.4, -0.2) is 192 Å². The van der Waals surface area contributed by atoms with E-state index in [9.17, 15) is 62.3 Å². The largest absolute Gasteiger partial charge is 0.481 e. The maximum atomic E-state index is 13.9. The topological polar surface area (TPSA) is 296 Å². The Hall–Kier alpha value is -6.33. The standard InChI is InChI=1S/C42H56F2N12O10S2/c1-25(57)50-32(22-67)40(65)47-19-34(58)51-33(23-68)41(66)52-31(6-7-37(61)62)39(64)49-20-35(59)55-14-12-54(13-15-55)11-3-10-53(2)26-4-5-30-29(16-26)28(8-9-46-30)38(63)48-21-36(60)56-24-42(43,44)17-27(56)18-45/h4-5,8-9,16,27,31-33,67-68H,3,6-7,10-15,17,19-24H2,1-2H3,(H,47,65)(H,48,63)(H,49,64)(H,50,57)(H,51,58)(H,52,66)(H,61,62)/t27-,31-,32-,33-/m0/s1. The molecule has 26 heteroatoms. The van der Waals surface area contributed by atoms with E-state index in [1.807, 2.05) is 18.0 Å². The molecule has 1 aromatic carbocycles. The number of likely N-dealkylation sites (tertiary alicyclic amines) is 1. The van der Waals surface area contributed by atoms with Gasteiger partial charge in [0.2, 0.25) is 41.4 Å². The van der Waals surface area contributed by atoms with Gasteiger partial charge in [-0.2, -0.15) is 30.5 Å². The van der Waals surface area contributed by atoms with Crippen molar-refractivity contribution < 1.29 is 57.0 Å². The second-order valence-electron chi connectivity index (χ2n) is 16.1. The average Bonchev–Trinajstić information content (AvgIpc) is 3.64. The summed E-state index contributed by atoms with van der Waals surface area (Å²) in [5.41, 5.74) is 1.53. The maximum Gasteiger partial charge on any atom is 0.303 e. The molecule has 370 valence electrons. The number of nitrogens with zero attached hydrogens (tertiary/aromatic N) is 6. The number of carboxylic acids is 1. The lowest BCUT2D eigenvalue weighted by Crippen LogP contribution is -2.57. The van der Waals surface area contributed by atoms with Gasteiger partial charge in [-0.25, -0.2) is 8.78 Å². The van der Waals surface area contributed by atoms with Crippen LogP contribution in [0.4, 0.5) is 14.5 Å². The molecule has 3 heterocycles. The highest BCUT2D eigenvalue weighted by Gasteiger charge is 2.47. The van der Waals surface area contributed by atoms with E-state index >= 15 is 0 Å². The van der Waals surface area contributed by atoms with Crippen molar-refractivity contribution >= 4 is 95.1 Å². The number of hydrogen-bond donors (Lipinski definition) is 9. The third kappa shape index (κ3) is 16.2. The number of hydrogen-bond acceptors (Lipinski definition) is 15. The van der Waals surface area contributed by atoms with Gasteiger partial charge in [0, 0.05) is 88.3 Å². The van der Waals surface area contributed by atoms with Crippen molar-refractivity contribution in [2.45, 2.75) is 62.7 Å².